The van der Waals surface area contributed by atoms with Crippen molar-refractivity contribution in [3.8, 4) is 0 Å². The molecule has 2 heterocycles. The third kappa shape index (κ3) is 6.73. The first kappa shape index (κ1) is 22.7. The van der Waals surface area contributed by atoms with Crippen LogP contribution in [0.1, 0.15) is 13.3 Å². The Morgan fingerprint density at radius 3 is 2.58 bits per heavy atom. The van der Waals surface area contributed by atoms with Crippen molar-refractivity contribution < 1.29 is 8.42 Å². The fraction of sp³-hybridized carbons (Fsp3) is 0.929. The maximum Gasteiger partial charge on any atom is 0.215 e. The number of nitrogens with one attached hydrogen (secondary N) is 1. The molecule has 2 saturated heterocycles. The van der Waals surface area contributed by atoms with Crippen LogP contribution in [0.15, 0.2) is 4.99 Å². The van der Waals surface area contributed by atoms with Gasteiger partial charge in [-0.25, -0.2) is 12.7 Å². The number of guanidine groups is 1. The molecule has 1 unspecified atom stereocenters. The number of nitrogens with zero attached hydrogens (tertiary/aromatic N) is 3. The normalized spacial score (nSPS) is 23.7. The first-order chi connectivity index (χ1) is 11.1. The molecule has 1 N–H and O–H groups in total. The van der Waals surface area contributed by atoms with Crippen molar-refractivity contribution in [1.82, 2.24) is 14.5 Å². The monoisotopic (exact) mass is 508 g/mol. The molecule has 24 heavy (non-hydrogen) atoms. The minimum Gasteiger partial charge on any atom is -0.355 e. The average Bonchev–Trinajstić information content (AvgIpc) is 2.59. The zero-order valence-electron chi connectivity index (χ0n) is 14.4. The van der Waals surface area contributed by atoms with Crippen molar-refractivity contribution in [2.24, 2.45) is 4.99 Å². The quantitative estimate of drug-likeness (QED) is 0.344. The highest BCUT2D eigenvalue weighted by Gasteiger charge is 2.25. The van der Waals surface area contributed by atoms with E-state index in [-0.39, 0.29) is 29.7 Å². The van der Waals surface area contributed by atoms with Crippen LogP contribution >= 0.6 is 47.5 Å². The summed E-state index contributed by atoms with van der Waals surface area (Å²) in [5.41, 5.74) is 0. The maximum absolute atomic E-state index is 12.3. The van der Waals surface area contributed by atoms with Gasteiger partial charge in [0.25, 0.3) is 0 Å². The van der Waals surface area contributed by atoms with E-state index in [0.29, 0.717) is 24.9 Å². The number of sulfonamides is 1. The molecule has 2 aliphatic heterocycles. The molecule has 0 radical (unpaired) electrons. The van der Waals surface area contributed by atoms with Crippen molar-refractivity contribution >= 4 is 63.5 Å². The van der Waals surface area contributed by atoms with E-state index in [1.165, 1.54) is 0 Å². The molecule has 0 aromatic carbocycles. The van der Waals surface area contributed by atoms with Crippen molar-refractivity contribution in [1.29, 1.82) is 0 Å². The van der Waals surface area contributed by atoms with Gasteiger partial charge < -0.3 is 10.2 Å². The van der Waals surface area contributed by atoms with Gasteiger partial charge in [0.15, 0.2) is 5.96 Å². The third-order valence-corrected chi connectivity index (χ3v) is 8.30. The molecule has 2 fully saturated rings. The van der Waals surface area contributed by atoms with E-state index in [4.69, 9.17) is 0 Å². The summed E-state index contributed by atoms with van der Waals surface area (Å²) < 4.78 is 26.3. The number of hydrogen-bond donors (Lipinski definition) is 1. The number of rotatable bonds is 5. The van der Waals surface area contributed by atoms with E-state index in [0.717, 1.165) is 42.7 Å². The Labute approximate surface area is 172 Å². The van der Waals surface area contributed by atoms with E-state index in [2.05, 4.69) is 22.1 Å². The molecule has 0 spiro atoms. The fourth-order valence-corrected chi connectivity index (χ4v) is 6.41. The van der Waals surface area contributed by atoms with Crippen LogP contribution in [0.3, 0.4) is 0 Å². The zero-order valence-corrected chi connectivity index (χ0v) is 19.2. The number of hydrogen-bond acceptors (Lipinski definition) is 5. The summed E-state index contributed by atoms with van der Waals surface area (Å²) in [7, 11) is -1.39. The van der Waals surface area contributed by atoms with Gasteiger partial charge in [-0.3, -0.25) is 4.99 Å². The highest BCUT2D eigenvalue weighted by Crippen LogP contribution is 2.21. The predicted molar refractivity (Wildman–Crippen MR) is 118 cm³/mol. The standard InChI is InChI=1S/C14H28N4O2S3.HI/c1-3-13-12-17(5-10-22-13)14(15-2)16-4-11-23(19,20)18-6-8-21-9-7-18;/h13H,3-12H2,1-2H3,(H,15,16);1H. The van der Waals surface area contributed by atoms with Gasteiger partial charge in [-0.1, -0.05) is 6.92 Å². The van der Waals surface area contributed by atoms with E-state index in [9.17, 15) is 8.42 Å². The molecule has 10 heteroatoms. The Morgan fingerprint density at radius 2 is 1.96 bits per heavy atom. The topological polar surface area (TPSA) is 65.0 Å². The molecule has 0 aliphatic carbocycles. The summed E-state index contributed by atoms with van der Waals surface area (Å²) in [4.78, 5) is 6.57. The van der Waals surface area contributed by atoms with Crippen LogP contribution in [0.4, 0.5) is 0 Å². The molecule has 0 aromatic rings. The summed E-state index contributed by atoms with van der Waals surface area (Å²) in [5, 5.41) is 3.87. The third-order valence-electron chi connectivity index (χ3n) is 4.11. The molecule has 2 aliphatic rings. The Kier molecular flexibility index (Phi) is 10.7. The highest BCUT2D eigenvalue weighted by atomic mass is 127. The van der Waals surface area contributed by atoms with Crippen LogP contribution in [0, 0.1) is 0 Å². The van der Waals surface area contributed by atoms with Gasteiger partial charge in [-0.15, -0.1) is 24.0 Å². The molecular weight excluding hydrogens is 479 g/mol. The van der Waals surface area contributed by atoms with Crippen molar-refractivity contribution in [2.75, 3.05) is 62.8 Å². The number of halogens is 1. The Morgan fingerprint density at radius 1 is 1.25 bits per heavy atom. The lowest BCUT2D eigenvalue weighted by Gasteiger charge is -2.34. The lowest BCUT2D eigenvalue weighted by atomic mass is 10.3. The molecule has 142 valence electrons. The molecule has 0 bridgehead atoms. The molecule has 0 saturated carbocycles. The van der Waals surface area contributed by atoms with Crippen LogP contribution < -0.4 is 5.32 Å². The Bertz CT molecular complexity index is 498. The van der Waals surface area contributed by atoms with Gasteiger partial charge in [0, 0.05) is 62.3 Å². The fourth-order valence-electron chi connectivity index (χ4n) is 2.74. The first-order valence-electron chi connectivity index (χ1n) is 8.19. The molecular formula is C14H29IN4O2S3. The summed E-state index contributed by atoms with van der Waals surface area (Å²) in [5.74, 6) is 3.86. The van der Waals surface area contributed by atoms with Gasteiger partial charge in [0.05, 0.1) is 5.75 Å². The van der Waals surface area contributed by atoms with Gasteiger partial charge in [-0.2, -0.15) is 23.5 Å². The molecule has 2 rings (SSSR count). The summed E-state index contributed by atoms with van der Waals surface area (Å²) in [6.07, 6.45) is 1.15. The van der Waals surface area contributed by atoms with E-state index in [1.807, 2.05) is 23.5 Å². The van der Waals surface area contributed by atoms with Gasteiger partial charge in [-0.05, 0) is 6.42 Å². The van der Waals surface area contributed by atoms with Gasteiger partial charge in [0.2, 0.25) is 10.0 Å². The Balaban J connectivity index is 0.00000288. The number of aliphatic imine (C=N–C) groups is 1. The zero-order chi connectivity index (χ0) is 16.7. The highest BCUT2D eigenvalue weighted by molar-refractivity contribution is 14.0. The van der Waals surface area contributed by atoms with Crippen LogP contribution in [0.5, 0.6) is 0 Å². The second-order valence-corrected chi connectivity index (χ2v) is 10.4. The van der Waals surface area contributed by atoms with Gasteiger partial charge in [0.1, 0.15) is 0 Å². The van der Waals surface area contributed by atoms with E-state index < -0.39 is 10.0 Å². The van der Waals surface area contributed by atoms with Crippen molar-refractivity contribution in [2.45, 2.75) is 18.6 Å². The van der Waals surface area contributed by atoms with E-state index in [1.54, 1.807) is 11.4 Å². The van der Waals surface area contributed by atoms with Crippen LogP contribution in [-0.2, 0) is 10.0 Å². The minimum atomic E-state index is -3.15. The lowest BCUT2D eigenvalue weighted by Crippen LogP contribution is -2.49. The second-order valence-electron chi connectivity index (χ2n) is 5.65. The van der Waals surface area contributed by atoms with Crippen molar-refractivity contribution in [3.05, 3.63) is 0 Å². The maximum atomic E-state index is 12.3. The lowest BCUT2D eigenvalue weighted by molar-refractivity contribution is 0.408. The minimum absolute atomic E-state index is 0. The largest absolute Gasteiger partial charge is 0.355 e. The summed E-state index contributed by atoms with van der Waals surface area (Å²) >= 11 is 3.83. The second kappa shape index (κ2) is 11.3. The predicted octanol–water partition coefficient (Wildman–Crippen LogP) is 1.39. The Hall–Kier alpha value is 0.610. The molecule has 0 amide bonds. The molecule has 1 atom stereocenters. The average molecular weight is 509 g/mol. The smallest absolute Gasteiger partial charge is 0.215 e. The molecule has 6 nitrogen and oxygen atoms in total. The molecule has 0 aromatic heterocycles. The van der Waals surface area contributed by atoms with Crippen LogP contribution in [0.25, 0.3) is 0 Å². The number of thioether (sulfide) groups is 2. The van der Waals surface area contributed by atoms with Gasteiger partial charge >= 0.3 is 0 Å². The first-order valence-corrected chi connectivity index (χ1v) is 12.0. The van der Waals surface area contributed by atoms with Crippen molar-refractivity contribution in [3.63, 3.8) is 0 Å². The van der Waals surface area contributed by atoms with Crippen LogP contribution in [-0.4, -0.2) is 91.6 Å². The summed E-state index contributed by atoms with van der Waals surface area (Å²) in [6, 6.07) is 0. The SMILES string of the molecule is CCC1CN(C(=NC)NCCS(=O)(=O)N2CCSCC2)CCS1.I. The van der Waals surface area contributed by atoms with E-state index >= 15 is 0 Å². The summed E-state index contributed by atoms with van der Waals surface area (Å²) in [6.45, 7) is 5.86. The van der Waals surface area contributed by atoms with Crippen LogP contribution in [0.2, 0.25) is 0 Å².